The average Bonchev–Trinajstić information content (AvgIpc) is 3.06. The molecule has 0 bridgehead atoms. The second-order valence-corrected chi connectivity index (χ2v) is 6.72. The summed E-state index contributed by atoms with van der Waals surface area (Å²) >= 11 is 0. The van der Waals surface area contributed by atoms with Crippen molar-refractivity contribution in [2.75, 3.05) is 7.11 Å². The van der Waals surface area contributed by atoms with Gasteiger partial charge in [0.05, 0.1) is 18.9 Å². The SMILES string of the molecule is COc1ccc(C2=NC(c3ccccc3)N(C3=CCCC=C3)C2C)cc1. The van der Waals surface area contributed by atoms with Gasteiger partial charge >= 0.3 is 0 Å². The molecule has 1 heterocycles. The first-order chi connectivity index (χ1) is 12.8. The van der Waals surface area contributed by atoms with Gasteiger partial charge in [0.1, 0.15) is 11.9 Å². The topological polar surface area (TPSA) is 24.8 Å². The number of hydrogen-bond donors (Lipinski definition) is 0. The molecule has 3 heteroatoms. The molecule has 0 amide bonds. The van der Waals surface area contributed by atoms with Crippen LogP contribution in [-0.2, 0) is 0 Å². The summed E-state index contributed by atoms with van der Waals surface area (Å²) in [5.74, 6) is 0.870. The Balaban J connectivity index is 1.75. The number of allylic oxidation sites excluding steroid dienone is 3. The quantitative estimate of drug-likeness (QED) is 0.769. The third kappa shape index (κ3) is 3.05. The number of aliphatic imine (C=N–C) groups is 1. The van der Waals surface area contributed by atoms with E-state index in [4.69, 9.17) is 9.73 Å². The van der Waals surface area contributed by atoms with Gasteiger partial charge in [-0.2, -0.15) is 0 Å². The van der Waals surface area contributed by atoms with E-state index >= 15 is 0 Å². The smallest absolute Gasteiger partial charge is 0.148 e. The first-order valence-electron chi connectivity index (χ1n) is 9.20. The summed E-state index contributed by atoms with van der Waals surface area (Å²) in [6, 6.07) is 19.0. The molecule has 1 aliphatic heterocycles. The summed E-state index contributed by atoms with van der Waals surface area (Å²) in [6.07, 6.45) is 9.05. The van der Waals surface area contributed by atoms with Crippen molar-refractivity contribution < 1.29 is 4.74 Å². The van der Waals surface area contributed by atoms with E-state index in [1.807, 2.05) is 12.1 Å². The number of nitrogens with zero attached hydrogens (tertiary/aromatic N) is 2. The van der Waals surface area contributed by atoms with E-state index in [1.54, 1.807) is 7.11 Å². The molecule has 0 radical (unpaired) electrons. The lowest BCUT2D eigenvalue weighted by atomic mass is 10.0. The molecule has 0 saturated carbocycles. The van der Waals surface area contributed by atoms with Gasteiger partial charge in [-0.3, -0.25) is 4.99 Å². The van der Waals surface area contributed by atoms with Crippen LogP contribution in [-0.4, -0.2) is 23.8 Å². The van der Waals surface area contributed by atoms with E-state index in [1.165, 1.54) is 11.3 Å². The number of benzene rings is 2. The molecule has 0 fully saturated rings. The van der Waals surface area contributed by atoms with Gasteiger partial charge in [0.15, 0.2) is 0 Å². The highest BCUT2D eigenvalue weighted by Crippen LogP contribution is 2.37. The third-order valence-electron chi connectivity index (χ3n) is 5.09. The minimum absolute atomic E-state index is 0.0114. The van der Waals surface area contributed by atoms with Crippen molar-refractivity contribution in [3.8, 4) is 5.75 Å². The maximum atomic E-state index is 5.30. The lowest BCUT2D eigenvalue weighted by Gasteiger charge is -2.32. The fourth-order valence-corrected chi connectivity index (χ4v) is 3.74. The predicted molar refractivity (Wildman–Crippen MR) is 106 cm³/mol. The van der Waals surface area contributed by atoms with Crippen molar-refractivity contribution in [1.29, 1.82) is 0 Å². The minimum Gasteiger partial charge on any atom is -0.497 e. The first-order valence-corrected chi connectivity index (χ1v) is 9.20. The summed E-state index contributed by atoms with van der Waals surface area (Å²) < 4.78 is 5.30. The molecule has 4 rings (SSSR count). The van der Waals surface area contributed by atoms with Crippen molar-refractivity contribution in [1.82, 2.24) is 4.90 Å². The van der Waals surface area contributed by atoms with Crippen molar-refractivity contribution in [3.63, 3.8) is 0 Å². The lowest BCUT2D eigenvalue weighted by molar-refractivity contribution is 0.276. The highest BCUT2D eigenvalue weighted by atomic mass is 16.5. The van der Waals surface area contributed by atoms with E-state index in [0.717, 1.165) is 29.9 Å². The van der Waals surface area contributed by atoms with Crippen LogP contribution in [0.5, 0.6) is 5.75 Å². The van der Waals surface area contributed by atoms with Gasteiger partial charge in [0.25, 0.3) is 0 Å². The van der Waals surface area contributed by atoms with Crippen molar-refractivity contribution in [2.24, 2.45) is 4.99 Å². The minimum atomic E-state index is 0.0114. The molecule has 0 saturated heterocycles. The van der Waals surface area contributed by atoms with Crippen LogP contribution in [0.1, 0.15) is 37.1 Å². The van der Waals surface area contributed by atoms with E-state index in [-0.39, 0.29) is 12.2 Å². The van der Waals surface area contributed by atoms with Crippen LogP contribution in [0.2, 0.25) is 0 Å². The molecule has 1 aliphatic carbocycles. The van der Waals surface area contributed by atoms with E-state index in [2.05, 4.69) is 72.5 Å². The first kappa shape index (κ1) is 16.6. The molecule has 2 atom stereocenters. The Labute approximate surface area is 155 Å². The Hall–Kier alpha value is -2.81. The zero-order chi connectivity index (χ0) is 17.9. The Morgan fingerprint density at radius 3 is 2.42 bits per heavy atom. The highest BCUT2D eigenvalue weighted by molar-refractivity contribution is 6.05. The highest BCUT2D eigenvalue weighted by Gasteiger charge is 2.35. The molecule has 0 N–H and O–H groups in total. The molecule has 2 aromatic rings. The summed E-state index contributed by atoms with van der Waals surface area (Å²) in [5.41, 5.74) is 4.77. The number of rotatable bonds is 4. The molecule has 132 valence electrons. The maximum absolute atomic E-state index is 5.30. The zero-order valence-corrected chi connectivity index (χ0v) is 15.3. The standard InChI is InChI=1S/C23H24N2O/c1-17-22(18-13-15-21(26-2)16-14-18)24-23(19-9-5-3-6-10-19)25(17)20-11-7-4-8-12-20/h3,5-7,9-17,23H,4,8H2,1-2H3. The van der Waals surface area contributed by atoms with Crippen molar-refractivity contribution >= 4 is 5.71 Å². The van der Waals surface area contributed by atoms with Crippen LogP contribution in [0, 0.1) is 0 Å². The largest absolute Gasteiger partial charge is 0.497 e. The summed E-state index contributed by atoms with van der Waals surface area (Å²) in [6.45, 7) is 2.25. The van der Waals surface area contributed by atoms with Crippen molar-refractivity contribution in [3.05, 3.63) is 89.6 Å². The molecule has 26 heavy (non-hydrogen) atoms. The zero-order valence-electron chi connectivity index (χ0n) is 15.3. The predicted octanol–water partition coefficient (Wildman–Crippen LogP) is 5.12. The van der Waals surface area contributed by atoms with Crippen LogP contribution < -0.4 is 4.74 Å². The molecule has 3 nitrogen and oxygen atoms in total. The molecule has 0 aromatic heterocycles. The Kier molecular flexibility index (Phi) is 4.61. The Morgan fingerprint density at radius 2 is 1.77 bits per heavy atom. The van der Waals surface area contributed by atoms with Crippen LogP contribution in [0.15, 0.2) is 83.5 Å². The van der Waals surface area contributed by atoms with Gasteiger partial charge in [-0.25, -0.2) is 0 Å². The fraction of sp³-hybridized carbons (Fsp3) is 0.261. The fourth-order valence-electron chi connectivity index (χ4n) is 3.74. The van der Waals surface area contributed by atoms with Gasteiger partial charge in [-0.1, -0.05) is 42.5 Å². The van der Waals surface area contributed by atoms with E-state index in [0.29, 0.717) is 0 Å². The van der Waals surface area contributed by atoms with Crippen molar-refractivity contribution in [2.45, 2.75) is 32.0 Å². The number of hydrogen-bond acceptors (Lipinski definition) is 3. The monoisotopic (exact) mass is 344 g/mol. The molecule has 0 spiro atoms. The Bertz CT molecular complexity index is 850. The van der Waals surface area contributed by atoms with Crippen LogP contribution in [0.3, 0.4) is 0 Å². The molecule has 2 aromatic carbocycles. The van der Waals surface area contributed by atoms with Crippen LogP contribution >= 0.6 is 0 Å². The normalized spacial score (nSPS) is 22.2. The van der Waals surface area contributed by atoms with Gasteiger partial charge in [-0.05, 0) is 61.2 Å². The molecule has 2 unspecified atom stereocenters. The van der Waals surface area contributed by atoms with E-state index < -0.39 is 0 Å². The summed E-state index contributed by atoms with van der Waals surface area (Å²) in [7, 11) is 1.69. The molecule has 2 aliphatic rings. The number of ether oxygens (including phenoxy) is 1. The summed E-state index contributed by atoms with van der Waals surface area (Å²) in [5, 5.41) is 0. The molecular formula is C23H24N2O. The molecular weight excluding hydrogens is 320 g/mol. The second kappa shape index (κ2) is 7.20. The van der Waals surface area contributed by atoms with Gasteiger partial charge in [-0.15, -0.1) is 0 Å². The van der Waals surface area contributed by atoms with Gasteiger partial charge < -0.3 is 9.64 Å². The Morgan fingerprint density at radius 1 is 1.00 bits per heavy atom. The van der Waals surface area contributed by atoms with Crippen LogP contribution in [0.4, 0.5) is 0 Å². The average molecular weight is 344 g/mol. The number of methoxy groups -OCH3 is 1. The van der Waals surface area contributed by atoms with Crippen LogP contribution in [0.25, 0.3) is 0 Å². The maximum Gasteiger partial charge on any atom is 0.148 e. The van der Waals surface area contributed by atoms with Gasteiger partial charge in [0, 0.05) is 5.70 Å². The van der Waals surface area contributed by atoms with E-state index in [9.17, 15) is 0 Å². The second-order valence-electron chi connectivity index (χ2n) is 6.72. The summed E-state index contributed by atoms with van der Waals surface area (Å²) in [4.78, 5) is 7.58. The third-order valence-corrected chi connectivity index (χ3v) is 5.09. The van der Waals surface area contributed by atoms with Gasteiger partial charge in [0.2, 0.25) is 0 Å². The lowest BCUT2D eigenvalue weighted by Crippen LogP contribution is -2.34.